The summed E-state index contributed by atoms with van der Waals surface area (Å²) in [6.07, 6.45) is 0. The third kappa shape index (κ3) is 3.97. The molecule has 0 bridgehead atoms. The van der Waals surface area contributed by atoms with E-state index in [4.69, 9.17) is 18.6 Å². The Morgan fingerprint density at radius 1 is 0.812 bits per heavy atom. The van der Waals surface area contributed by atoms with Gasteiger partial charge in [0.25, 0.3) is 0 Å². The highest BCUT2D eigenvalue weighted by Crippen LogP contribution is 2.47. The fourth-order valence-corrected chi connectivity index (χ4v) is 3.68. The molecular weight excluding hydrogens is 404 g/mol. The summed E-state index contributed by atoms with van der Waals surface area (Å²) in [5, 5.41) is 0. The van der Waals surface area contributed by atoms with Gasteiger partial charge in [-0.1, -0.05) is 60.7 Å². The number of esters is 1. The van der Waals surface area contributed by atoms with Gasteiger partial charge in [-0.2, -0.15) is 0 Å². The minimum Gasteiger partial charge on any atom is -0.497 e. The predicted molar refractivity (Wildman–Crippen MR) is 124 cm³/mol. The normalized spacial score (nSPS) is 10.6. The third-order valence-electron chi connectivity index (χ3n) is 5.14. The maximum atomic E-state index is 13.3. The number of methoxy groups -OCH3 is 2. The molecule has 5 nitrogen and oxygen atoms in total. The topological polar surface area (TPSA) is 57.9 Å². The minimum atomic E-state index is -0.454. The summed E-state index contributed by atoms with van der Waals surface area (Å²) in [7, 11) is 3.18. The molecule has 0 unspecified atom stereocenters. The van der Waals surface area contributed by atoms with Crippen molar-refractivity contribution >= 4 is 5.97 Å². The Morgan fingerprint density at radius 2 is 1.44 bits per heavy atom. The molecule has 1 heterocycles. The second-order valence-corrected chi connectivity index (χ2v) is 7.03. The lowest BCUT2D eigenvalue weighted by Crippen LogP contribution is -2.07. The standard InChI is InChI=1S/C27H24O5/c1-4-31-27(28)24-23(21-16-15-20(29-2)17-22(21)30-3)25(18-11-7-5-8-12-18)32-26(24)19-13-9-6-10-14-19/h5-17H,4H2,1-3H3. The van der Waals surface area contributed by atoms with E-state index in [-0.39, 0.29) is 6.61 Å². The van der Waals surface area contributed by atoms with Gasteiger partial charge >= 0.3 is 5.97 Å². The molecule has 0 N–H and O–H groups in total. The van der Waals surface area contributed by atoms with Crippen LogP contribution in [0.5, 0.6) is 11.5 Å². The fourth-order valence-electron chi connectivity index (χ4n) is 3.68. The van der Waals surface area contributed by atoms with Gasteiger partial charge in [0, 0.05) is 28.3 Å². The molecule has 0 aliphatic rings. The van der Waals surface area contributed by atoms with E-state index in [9.17, 15) is 4.79 Å². The average Bonchev–Trinajstić information content (AvgIpc) is 3.25. The molecule has 0 spiro atoms. The van der Waals surface area contributed by atoms with Crippen molar-refractivity contribution in [3.05, 3.63) is 84.4 Å². The first-order chi connectivity index (χ1) is 15.7. The van der Waals surface area contributed by atoms with E-state index in [0.29, 0.717) is 39.7 Å². The van der Waals surface area contributed by atoms with Crippen molar-refractivity contribution in [2.75, 3.05) is 20.8 Å². The molecule has 0 aliphatic carbocycles. The largest absolute Gasteiger partial charge is 0.497 e. The first kappa shape index (κ1) is 21.2. The summed E-state index contributed by atoms with van der Waals surface area (Å²) in [5.74, 6) is 1.78. The molecule has 0 amide bonds. The highest BCUT2D eigenvalue weighted by atomic mass is 16.5. The van der Waals surface area contributed by atoms with Crippen molar-refractivity contribution in [1.29, 1.82) is 0 Å². The number of ether oxygens (including phenoxy) is 3. The Bertz CT molecular complexity index is 1210. The van der Waals surface area contributed by atoms with Crippen LogP contribution in [-0.2, 0) is 4.74 Å². The molecule has 4 rings (SSSR count). The molecule has 0 fully saturated rings. The van der Waals surface area contributed by atoms with Crippen LogP contribution in [-0.4, -0.2) is 26.8 Å². The minimum absolute atomic E-state index is 0.248. The number of hydrogen-bond donors (Lipinski definition) is 0. The van der Waals surface area contributed by atoms with Crippen LogP contribution in [0.25, 0.3) is 33.8 Å². The maximum Gasteiger partial charge on any atom is 0.342 e. The molecular formula is C27H24O5. The van der Waals surface area contributed by atoms with Crippen LogP contribution >= 0.6 is 0 Å². The number of benzene rings is 3. The van der Waals surface area contributed by atoms with E-state index in [1.807, 2.05) is 72.8 Å². The van der Waals surface area contributed by atoms with Crippen LogP contribution in [0.4, 0.5) is 0 Å². The number of hydrogen-bond acceptors (Lipinski definition) is 5. The highest BCUT2D eigenvalue weighted by molar-refractivity contribution is 6.07. The lowest BCUT2D eigenvalue weighted by atomic mass is 9.94. The second kappa shape index (κ2) is 9.43. The number of carbonyl (C=O) groups is 1. The first-order valence-electron chi connectivity index (χ1n) is 10.3. The molecule has 0 saturated heterocycles. The zero-order valence-corrected chi connectivity index (χ0v) is 18.3. The van der Waals surface area contributed by atoms with Crippen molar-refractivity contribution in [1.82, 2.24) is 0 Å². The van der Waals surface area contributed by atoms with Gasteiger partial charge in [0.15, 0.2) is 0 Å². The molecule has 0 atom stereocenters. The van der Waals surface area contributed by atoms with Gasteiger partial charge in [-0.25, -0.2) is 4.79 Å². The van der Waals surface area contributed by atoms with Gasteiger partial charge in [-0.3, -0.25) is 0 Å². The van der Waals surface area contributed by atoms with E-state index in [1.54, 1.807) is 27.2 Å². The van der Waals surface area contributed by atoms with Crippen molar-refractivity contribution in [3.63, 3.8) is 0 Å². The number of rotatable bonds is 7. The van der Waals surface area contributed by atoms with Gasteiger partial charge < -0.3 is 18.6 Å². The summed E-state index contributed by atoms with van der Waals surface area (Å²) in [5.41, 5.74) is 3.31. The predicted octanol–water partition coefficient (Wildman–Crippen LogP) is 6.47. The molecule has 5 heteroatoms. The van der Waals surface area contributed by atoms with Gasteiger partial charge in [0.2, 0.25) is 0 Å². The summed E-state index contributed by atoms with van der Waals surface area (Å²) < 4.78 is 22.9. The Labute approximate surface area is 187 Å². The van der Waals surface area contributed by atoms with Crippen molar-refractivity contribution in [2.24, 2.45) is 0 Å². The van der Waals surface area contributed by atoms with Crippen molar-refractivity contribution in [2.45, 2.75) is 6.92 Å². The van der Waals surface area contributed by atoms with E-state index in [2.05, 4.69) is 0 Å². The Kier molecular flexibility index (Phi) is 6.26. The lowest BCUT2D eigenvalue weighted by molar-refractivity contribution is 0.0527. The molecule has 0 aliphatic heterocycles. The summed E-state index contributed by atoms with van der Waals surface area (Å²) in [4.78, 5) is 13.3. The smallest absolute Gasteiger partial charge is 0.342 e. The Hall–Kier alpha value is -3.99. The second-order valence-electron chi connectivity index (χ2n) is 7.03. The summed E-state index contributed by atoms with van der Waals surface area (Å²) in [6.45, 7) is 2.03. The Morgan fingerprint density at radius 3 is 2.00 bits per heavy atom. The first-order valence-corrected chi connectivity index (χ1v) is 10.3. The van der Waals surface area contributed by atoms with E-state index < -0.39 is 5.97 Å². The van der Waals surface area contributed by atoms with E-state index in [1.165, 1.54) is 0 Å². The lowest BCUT2D eigenvalue weighted by Gasteiger charge is -2.12. The van der Waals surface area contributed by atoms with Gasteiger partial charge in [0.05, 0.1) is 20.8 Å². The zero-order chi connectivity index (χ0) is 22.5. The monoisotopic (exact) mass is 428 g/mol. The van der Waals surface area contributed by atoms with Crippen LogP contribution in [0.15, 0.2) is 83.3 Å². The fraction of sp³-hybridized carbons (Fsp3) is 0.148. The van der Waals surface area contributed by atoms with Gasteiger partial charge in [-0.15, -0.1) is 0 Å². The van der Waals surface area contributed by atoms with Crippen LogP contribution in [0.3, 0.4) is 0 Å². The molecule has 1 aromatic heterocycles. The maximum absolute atomic E-state index is 13.3. The van der Waals surface area contributed by atoms with Crippen LogP contribution in [0.1, 0.15) is 17.3 Å². The molecule has 4 aromatic rings. The number of furan rings is 1. The summed E-state index contributed by atoms with van der Waals surface area (Å²) in [6, 6.07) is 24.7. The van der Waals surface area contributed by atoms with Crippen LogP contribution in [0, 0.1) is 0 Å². The molecule has 162 valence electrons. The quantitative estimate of drug-likeness (QED) is 0.316. The molecule has 3 aromatic carbocycles. The third-order valence-corrected chi connectivity index (χ3v) is 5.14. The van der Waals surface area contributed by atoms with Crippen LogP contribution < -0.4 is 9.47 Å². The molecule has 32 heavy (non-hydrogen) atoms. The van der Waals surface area contributed by atoms with Gasteiger partial charge in [0.1, 0.15) is 28.6 Å². The number of carbonyl (C=O) groups excluding carboxylic acids is 1. The molecule has 0 radical (unpaired) electrons. The van der Waals surface area contributed by atoms with Crippen molar-refractivity contribution < 1.29 is 23.4 Å². The van der Waals surface area contributed by atoms with E-state index >= 15 is 0 Å². The van der Waals surface area contributed by atoms with Crippen LogP contribution in [0.2, 0.25) is 0 Å². The van der Waals surface area contributed by atoms with Gasteiger partial charge in [-0.05, 0) is 19.1 Å². The Balaban J connectivity index is 2.09. The van der Waals surface area contributed by atoms with Crippen molar-refractivity contribution in [3.8, 4) is 45.3 Å². The average molecular weight is 428 g/mol. The zero-order valence-electron chi connectivity index (χ0n) is 18.3. The SMILES string of the molecule is CCOC(=O)c1c(-c2ccccc2)oc(-c2ccccc2)c1-c1ccc(OC)cc1OC. The summed E-state index contributed by atoms with van der Waals surface area (Å²) >= 11 is 0. The molecule has 0 saturated carbocycles. The van der Waals surface area contributed by atoms with E-state index in [0.717, 1.165) is 11.1 Å². The highest BCUT2D eigenvalue weighted by Gasteiger charge is 2.31.